The molecule has 2 atom stereocenters. The van der Waals surface area contributed by atoms with Gasteiger partial charge in [-0.25, -0.2) is 0 Å². The minimum atomic E-state index is 0.248. The lowest BCUT2D eigenvalue weighted by Gasteiger charge is -2.41. The van der Waals surface area contributed by atoms with Crippen LogP contribution >= 0.6 is 0 Å². The number of hydrogen-bond donors (Lipinski definition) is 0. The molecule has 0 aliphatic heterocycles. The van der Waals surface area contributed by atoms with Crippen LogP contribution in [-0.4, -0.2) is 5.78 Å². The average Bonchev–Trinajstić information content (AvgIpc) is 3.18. The molecule has 2 aromatic carbocycles. The summed E-state index contributed by atoms with van der Waals surface area (Å²) < 4.78 is 0. The van der Waals surface area contributed by atoms with Gasteiger partial charge in [0.15, 0.2) is 5.78 Å². The number of rotatable bonds is 1. The third kappa shape index (κ3) is 1.84. The monoisotopic (exact) mass is 316 g/mol. The Labute approximate surface area is 143 Å². The highest BCUT2D eigenvalue weighted by Crippen LogP contribution is 2.59. The smallest absolute Gasteiger partial charge is 0.163 e. The molecule has 3 aliphatic rings. The Kier molecular flexibility index (Phi) is 2.90. The molecule has 1 saturated carbocycles. The second-order valence-electron chi connectivity index (χ2n) is 8.41. The Bertz CT molecular complexity index is 902. The van der Waals surface area contributed by atoms with Gasteiger partial charge < -0.3 is 0 Å². The molecule has 2 unspecified atom stereocenters. The van der Waals surface area contributed by atoms with Crippen molar-refractivity contribution < 1.29 is 4.79 Å². The molecule has 0 N–H and O–H groups in total. The van der Waals surface area contributed by atoms with E-state index in [4.69, 9.17) is 0 Å². The van der Waals surface area contributed by atoms with E-state index in [1.807, 2.05) is 0 Å². The van der Waals surface area contributed by atoms with E-state index in [0.29, 0.717) is 11.7 Å². The van der Waals surface area contributed by atoms with Crippen LogP contribution in [0.5, 0.6) is 0 Å². The minimum Gasteiger partial charge on any atom is -0.294 e. The van der Waals surface area contributed by atoms with Crippen LogP contribution in [0.4, 0.5) is 0 Å². The second kappa shape index (κ2) is 4.81. The van der Waals surface area contributed by atoms with Crippen LogP contribution in [0.15, 0.2) is 42.0 Å². The van der Waals surface area contributed by atoms with Crippen molar-refractivity contribution >= 4 is 16.6 Å². The molecule has 2 bridgehead atoms. The van der Waals surface area contributed by atoms with Crippen molar-refractivity contribution in [3.63, 3.8) is 0 Å². The van der Waals surface area contributed by atoms with Crippen molar-refractivity contribution in [3.8, 4) is 0 Å². The molecule has 1 nitrogen and oxygen atoms in total. The van der Waals surface area contributed by atoms with Gasteiger partial charge in [-0.15, -0.1) is 0 Å². The Balaban J connectivity index is 1.73. The van der Waals surface area contributed by atoms with Gasteiger partial charge in [-0.05, 0) is 71.6 Å². The van der Waals surface area contributed by atoms with Crippen LogP contribution in [0.2, 0.25) is 0 Å². The summed E-state index contributed by atoms with van der Waals surface area (Å²) >= 11 is 0. The predicted molar refractivity (Wildman–Crippen MR) is 98.7 cm³/mol. The summed E-state index contributed by atoms with van der Waals surface area (Å²) in [6.07, 6.45) is 7.89. The summed E-state index contributed by atoms with van der Waals surface area (Å²) in [4.78, 5) is 12.7. The molecule has 1 fully saturated rings. The van der Waals surface area contributed by atoms with Crippen LogP contribution < -0.4 is 0 Å². The maximum Gasteiger partial charge on any atom is 0.163 e. The number of allylic oxidation sites excluding steroid dienone is 2. The summed E-state index contributed by atoms with van der Waals surface area (Å²) in [6.45, 7) is 4.45. The zero-order chi connectivity index (χ0) is 16.5. The van der Waals surface area contributed by atoms with E-state index in [-0.39, 0.29) is 5.41 Å². The fraction of sp³-hybridized carbons (Fsp3) is 0.435. The molecule has 5 rings (SSSR count). The van der Waals surface area contributed by atoms with Crippen LogP contribution in [-0.2, 0) is 5.41 Å². The molecule has 24 heavy (non-hydrogen) atoms. The van der Waals surface area contributed by atoms with Crippen LogP contribution in [0.3, 0.4) is 0 Å². The quantitative estimate of drug-likeness (QED) is 0.597. The lowest BCUT2D eigenvalue weighted by molar-refractivity contribution is 0.0940. The first-order valence-electron chi connectivity index (χ1n) is 9.36. The van der Waals surface area contributed by atoms with Crippen molar-refractivity contribution in [1.29, 1.82) is 0 Å². The molecule has 2 aromatic rings. The van der Waals surface area contributed by atoms with Crippen molar-refractivity contribution in [2.45, 2.75) is 57.3 Å². The summed E-state index contributed by atoms with van der Waals surface area (Å²) in [5, 5.41) is 2.52. The van der Waals surface area contributed by atoms with Crippen LogP contribution in [0.25, 0.3) is 10.8 Å². The molecule has 1 spiro atoms. The Morgan fingerprint density at radius 2 is 2.00 bits per heavy atom. The van der Waals surface area contributed by atoms with Gasteiger partial charge in [-0.1, -0.05) is 43.7 Å². The van der Waals surface area contributed by atoms with E-state index < -0.39 is 0 Å². The number of benzene rings is 2. The highest BCUT2D eigenvalue weighted by atomic mass is 16.1. The molecule has 0 radical (unpaired) electrons. The summed E-state index contributed by atoms with van der Waals surface area (Å²) in [5.74, 6) is 1.60. The van der Waals surface area contributed by atoms with Crippen LogP contribution in [0.1, 0.15) is 73.4 Å². The van der Waals surface area contributed by atoms with E-state index in [1.165, 1.54) is 41.2 Å². The zero-order valence-electron chi connectivity index (χ0n) is 14.6. The second-order valence-corrected chi connectivity index (χ2v) is 8.41. The molecular weight excluding hydrogens is 292 g/mol. The van der Waals surface area contributed by atoms with Crippen molar-refractivity contribution in [2.75, 3.05) is 0 Å². The molecule has 0 heterocycles. The van der Waals surface area contributed by atoms with E-state index >= 15 is 0 Å². The minimum absolute atomic E-state index is 0.248. The van der Waals surface area contributed by atoms with E-state index in [2.05, 4.69) is 50.3 Å². The third-order valence-electron chi connectivity index (χ3n) is 6.83. The Morgan fingerprint density at radius 3 is 2.71 bits per heavy atom. The molecule has 1 heteroatoms. The maximum atomic E-state index is 12.7. The first kappa shape index (κ1) is 14.5. The lowest BCUT2D eigenvalue weighted by atomic mass is 9.62. The van der Waals surface area contributed by atoms with Gasteiger partial charge in [0.2, 0.25) is 0 Å². The van der Waals surface area contributed by atoms with E-state index in [0.717, 1.165) is 24.3 Å². The van der Waals surface area contributed by atoms with Gasteiger partial charge in [0.05, 0.1) is 0 Å². The van der Waals surface area contributed by atoms with Gasteiger partial charge in [-0.2, -0.15) is 0 Å². The fourth-order valence-corrected chi connectivity index (χ4v) is 5.44. The first-order chi connectivity index (χ1) is 11.6. The van der Waals surface area contributed by atoms with Gasteiger partial charge in [0.1, 0.15) is 0 Å². The number of fused-ring (bicyclic) bond motifs is 6. The molecule has 0 aromatic heterocycles. The number of hydrogen-bond acceptors (Lipinski definition) is 1. The van der Waals surface area contributed by atoms with Crippen molar-refractivity contribution in [3.05, 3.63) is 58.7 Å². The highest BCUT2D eigenvalue weighted by molar-refractivity contribution is 6.03. The Morgan fingerprint density at radius 1 is 1.12 bits per heavy atom. The van der Waals surface area contributed by atoms with Crippen molar-refractivity contribution in [2.24, 2.45) is 5.92 Å². The number of carbonyl (C=O) groups excluding carboxylic acids is 1. The van der Waals surface area contributed by atoms with Crippen molar-refractivity contribution in [1.82, 2.24) is 0 Å². The number of ketones is 1. The highest BCUT2D eigenvalue weighted by Gasteiger charge is 2.51. The van der Waals surface area contributed by atoms with Crippen LogP contribution in [0, 0.1) is 5.92 Å². The normalized spacial score (nSPS) is 28.0. The average molecular weight is 316 g/mol. The lowest BCUT2D eigenvalue weighted by Crippen LogP contribution is -2.37. The summed E-state index contributed by atoms with van der Waals surface area (Å²) in [6, 6.07) is 11.3. The molecular formula is C23H24O. The SMILES string of the molecule is CC(C)c1ccc2cc3c(cc2c1)C(=O)CCC31CC2=CCC1C2. The third-order valence-corrected chi connectivity index (χ3v) is 6.83. The topological polar surface area (TPSA) is 17.1 Å². The summed E-state index contributed by atoms with van der Waals surface area (Å²) in [5.41, 5.74) is 5.61. The van der Waals surface area contributed by atoms with E-state index in [1.54, 1.807) is 5.57 Å². The predicted octanol–water partition coefficient (Wildman–Crippen LogP) is 5.92. The molecule has 3 aliphatic carbocycles. The fourth-order valence-electron chi connectivity index (χ4n) is 5.44. The largest absolute Gasteiger partial charge is 0.294 e. The number of carbonyl (C=O) groups is 1. The van der Waals surface area contributed by atoms with Gasteiger partial charge in [0.25, 0.3) is 0 Å². The standard InChI is InChI=1S/C23H24O/c1-14(2)16-4-5-17-12-21-20(11-18(17)10-16)22(24)7-8-23(21)13-15-3-6-19(23)9-15/h3-5,10-12,14,19H,6-9,13H2,1-2H3. The molecule has 0 saturated heterocycles. The first-order valence-corrected chi connectivity index (χ1v) is 9.36. The Hall–Kier alpha value is -1.89. The van der Waals surface area contributed by atoms with Gasteiger partial charge in [0, 0.05) is 17.4 Å². The van der Waals surface area contributed by atoms with Gasteiger partial charge >= 0.3 is 0 Å². The number of Topliss-reactive ketones (excluding diaryl/α,β-unsaturated/α-hetero) is 1. The van der Waals surface area contributed by atoms with Gasteiger partial charge in [-0.3, -0.25) is 4.79 Å². The zero-order valence-corrected chi connectivity index (χ0v) is 14.6. The maximum absolute atomic E-state index is 12.7. The molecule has 122 valence electrons. The van der Waals surface area contributed by atoms with E-state index in [9.17, 15) is 4.79 Å². The summed E-state index contributed by atoms with van der Waals surface area (Å²) in [7, 11) is 0. The molecule has 0 amide bonds.